The molecule has 0 aliphatic rings. The summed E-state index contributed by atoms with van der Waals surface area (Å²) in [6.07, 6.45) is 4.98. The van der Waals surface area contributed by atoms with E-state index < -0.39 is 0 Å². The van der Waals surface area contributed by atoms with Gasteiger partial charge in [-0.05, 0) is 34.5 Å². The van der Waals surface area contributed by atoms with E-state index in [-0.39, 0.29) is 6.04 Å². The summed E-state index contributed by atoms with van der Waals surface area (Å²) < 4.78 is 2.83. The SMILES string of the molecule is CCCn1ncnc1CC(N)c1ncccc1Br. The van der Waals surface area contributed by atoms with E-state index in [2.05, 4.69) is 37.9 Å². The van der Waals surface area contributed by atoms with Gasteiger partial charge in [0, 0.05) is 23.6 Å². The fourth-order valence-electron chi connectivity index (χ4n) is 1.81. The monoisotopic (exact) mass is 309 g/mol. The molecule has 0 aliphatic carbocycles. The lowest BCUT2D eigenvalue weighted by molar-refractivity contribution is 0.544. The number of rotatable bonds is 5. The predicted molar refractivity (Wildman–Crippen MR) is 72.9 cm³/mol. The molecule has 0 saturated heterocycles. The van der Waals surface area contributed by atoms with Crippen LogP contribution in [-0.2, 0) is 13.0 Å². The largest absolute Gasteiger partial charge is 0.322 e. The van der Waals surface area contributed by atoms with Gasteiger partial charge in [0.25, 0.3) is 0 Å². The maximum atomic E-state index is 6.18. The molecule has 0 spiro atoms. The molecule has 1 unspecified atom stereocenters. The van der Waals surface area contributed by atoms with Gasteiger partial charge in [-0.15, -0.1) is 0 Å². The zero-order valence-corrected chi connectivity index (χ0v) is 11.8. The summed E-state index contributed by atoms with van der Waals surface area (Å²) in [5.41, 5.74) is 7.03. The van der Waals surface area contributed by atoms with E-state index in [0.29, 0.717) is 6.42 Å². The summed E-state index contributed by atoms with van der Waals surface area (Å²) in [7, 11) is 0. The highest BCUT2D eigenvalue weighted by Gasteiger charge is 2.15. The zero-order valence-electron chi connectivity index (χ0n) is 10.3. The molecule has 0 aromatic carbocycles. The van der Waals surface area contributed by atoms with Gasteiger partial charge < -0.3 is 5.73 Å². The third-order valence-corrected chi connectivity index (χ3v) is 3.34. The summed E-state index contributed by atoms with van der Waals surface area (Å²) in [6.45, 7) is 2.98. The Bertz CT molecular complexity index is 511. The van der Waals surface area contributed by atoms with Crippen LogP contribution in [-0.4, -0.2) is 19.7 Å². The molecule has 96 valence electrons. The number of nitrogens with zero attached hydrogens (tertiary/aromatic N) is 4. The van der Waals surface area contributed by atoms with E-state index in [1.807, 2.05) is 16.8 Å². The average Bonchev–Trinajstić information content (AvgIpc) is 2.78. The fraction of sp³-hybridized carbons (Fsp3) is 0.417. The average molecular weight is 310 g/mol. The lowest BCUT2D eigenvalue weighted by atomic mass is 10.1. The first-order valence-corrected chi connectivity index (χ1v) is 6.74. The van der Waals surface area contributed by atoms with Gasteiger partial charge in [0.05, 0.1) is 11.7 Å². The zero-order chi connectivity index (χ0) is 13.0. The third kappa shape index (κ3) is 2.94. The van der Waals surface area contributed by atoms with Crippen LogP contribution < -0.4 is 5.73 Å². The van der Waals surface area contributed by atoms with Crippen molar-refractivity contribution in [3.05, 3.63) is 40.6 Å². The normalized spacial score (nSPS) is 12.6. The van der Waals surface area contributed by atoms with Gasteiger partial charge in [-0.2, -0.15) is 5.10 Å². The molecular weight excluding hydrogens is 294 g/mol. The minimum atomic E-state index is -0.180. The Morgan fingerprint density at radius 3 is 3.00 bits per heavy atom. The fourth-order valence-corrected chi connectivity index (χ4v) is 2.36. The van der Waals surface area contributed by atoms with Gasteiger partial charge in [-0.3, -0.25) is 9.67 Å². The minimum absolute atomic E-state index is 0.180. The molecule has 18 heavy (non-hydrogen) atoms. The standard InChI is InChI=1S/C12H16BrN5/c1-2-6-18-11(16-8-17-18)7-10(14)12-9(13)4-3-5-15-12/h3-5,8,10H,2,6-7,14H2,1H3. The van der Waals surface area contributed by atoms with E-state index in [1.165, 1.54) is 0 Å². The molecule has 6 heteroatoms. The number of pyridine rings is 1. The molecule has 0 radical (unpaired) electrons. The van der Waals surface area contributed by atoms with Crippen molar-refractivity contribution in [1.29, 1.82) is 0 Å². The highest BCUT2D eigenvalue weighted by Crippen LogP contribution is 2.21. The Hall–Kier alpha value is -1.27. The van der Waals surface area contributed by atoms with Crippen molar-refractivity contribution in [3.63, 3.8) is 0 Å². The van der Waals surface area contributed by atoms with Crippen LogP contribution in [0.3, 0.4) is 0 Å². The van der Waals surface area contributed by atoms with Crippen molar-refractivity contribution in [1.82, 2.24) is 19.7 Å². The number of hydrogen-bond acceptors (Lipinski definition) is 4. The Morgan fingerprint density at radius 1 is 1.44 bits per heavy atom. The summed E-state index contributed by atoms with van der Waals surface area (Å²) in [6, 6.07) is 3.64. The molecule has 0 fully saturated rings. The topological polar surface area (TPSA) is 69.6 Å². The second-order valence-corrected chi connectivity index (χ2v) is 4.93. The Balaban J connectivity index is 2.14. The van der Waals surface area contributed by atoms with Gasteiger partial charge in [0.2, 0.25) is 0 Å². The molecule has 2 rings (SSSR count). The molecule has 1 atom stereocenters. The molecule has 0 aliphatic heterocycles. The first-order chi connectivity index (χ1) is 8.72. The summed E-state index contributed by atoms with van der Waals surface area (Å²) >= 11 is 3.46. The second-order valence-electron chi connectivity index (χ2n) is 4.08. The van der Waals surface area contributed by atoms with Crippen molar-refractivity contribution >= 4 is 15.9 Å². The maximum absolute atomic E-state index is 6.18. The van der Waals surface area contributed by atoms with E-state index in [4.69, 9.17) is 5.73 Å². The van der Waals surface area contributed by atoms with Crippen LogP contribution in [0.5, 0.6) is 0 Å². The lowest BCUT2D eigenvalue weighted by Gasteiger charge is -2.12. The van der Waals surface area contributed by atoms with Gasteiger partial charge in [0.1, 0.15) is 12.2 Å². The van der Waals surface area contributed by atoms with Crippen LogP contribution in [0.15, 0.2) is 29.1 Å². The van der Waals surface area contributed by atoms with Crippen LogP contribution >= 0.6 is 15.9 Å². The summed E-state index contributed by atoms with van der Waals surface area (Å²) in [4.78, 5) is 8.56. The highest BCUT2D eigenvalue weighted by molar-refractivity contribution is 9.10. The predicted octanol–water partition coefficient (Wildman–Crippen LogP) is 2.09. The summed E-state index contributed by atoms with van der Waals surface area (Å²) in [5, 5.41) is 4.19. The van der Waals surface area contributed by atoms with Crippen LogP contribution in [0.4, 0.5) is 0 Å². The quantitative estimate of drug-likeness (QED) is 0.918. The molecule has 0 saturated carbocycles. The van der Waals surface area contributed by atoms with Crippen LogP contribution in [0.1, 0.15) is 30.9 Å². The van der Waals surface area contributed by atoms with Crippen molar-refractivity contribution < 1.29 is 0 Å². The van der Waals surface area contributed by atoms with E-state index in [9.17, 15) is 0 Å². The lowest BCUT2D eigenvalue weighted by Crippen LogP contribution is -2.18. The van der Waals surface area contributed by atoms with Gasteiger partial charge >= 0.3 is 0 Å². The third-order valence-electron chi connectivity index (χ3n) is 2.67. The first kappa shape index (κ1) is 13.2. The Morgan fingerprint density at radius 2 is 2.28 bits per heavy atom. The van der Waals surface area contributed by atoms with Crippen molar-refractivity contribution in [2.45, 2.75) is 32.4 Å². The number of aromatic nitrogens is 4. The molecule has 0 amide bonds. The number of halogens is 1. The van der Waals surface area contributed by atoms with Crippen LogP contribution in [0.2, 0.25) is 0 Å². The van der Waals surface area contributed by atoms with Crippen LogP contribution in [0, 0.1) is 0 Å². The van der Waals surface area contributed by atoms with E-state index in [0.717, 1.165) is 29.0 Å². The first-order valence-electron chi connectivity index (χ1n) is 5.95. The number of aryl methyl sites for hydroxylation is 1. The van der Waals surface area contributed by atoms with Crippen molar-refractivity contribution in [2.24, 2.45) is 5.73 Å². The van der Waals surface area contributed by atoms with Gasteiger partial charge in [0.15, 0.2) is 0 Å². The highest BCUT2D eigenvalue weighted by atomic mass is 79.9. The molecule has 2 aromatic heterocycles. The Labute approximate surface area is 115 Å². The van der Waals surface area contributed by atoms with Gasteiger partial charge in [-0.25, -0.2) is 4.98 Å². The molecule has 2 aromatic rings. The van der Waals surface area contributed by atoms with Crippen LogP contribution in [0.25, 0.3) is 0 Å². The molecular formula is C12H16BrN5. The summed E-state index contributed by atoms with van der Waals surface area (Å²) in [5.74, 6) is 0.905. The van der Waals surface area contributed by atoms with E-state index >= 15 is 0 Å². The number of hydrogen-bond donors (Lipinski definition) is 1. The minimum Gasteiger partial charge on any atom is -0.322 e. The molecule has 2 N–H and O–H groups in total. The van der Waals surface area contributed by atoms with Crippen molar-refractivity contribution in [2.75, 3.05) is 0 Å². The van der Waals surface area contributed by atoms with Crippen molar-refractivity contribution in [3.8, 4) is 0 Å². The molecule has 2 heterocycles. The second kappa shape index (κ2) is 6.06. The molecule has 0 bridgehead atoms. The Kier molecular flexibility index (Phi) is 4.43. The maximum Gasteiger partial charge on any atom is 0.138 e. The van der Waals surface area contributed by atoms with Gasteiger partial charge in [-0.1, -0.05) is 6.92 Å². The smallest absolute Gasteiger partial charge is 0.138 e. The number of nitrogens with two attached hydrogens (primary N) is 1. The van der Waals surface area contributed by atoms with E-state index in [1.54, 1.807) is 12.5 Å². The molecule has 5 nitrogen and oxygen atoms in total.